The van der Waals surface area contributed by atoms with Gasteiger partial charge in [0, 0.05) is 17.8 Å². The fraction of sp³-hybridized carbons (Fsp3) is 0.269. The minimum atomic E-state index is -4.08. The van der Waals surface area contributed by atoms with E-state index in [4.69, 9.17) is 9.47 Å². The Labute approximate surface area is 200 Å². The SMILES string of the molecule is COc1ccc(N(CC(=O)N2c3ccccc3CC2C)S(=O)(=O)c2ccc(C)cc2)c(OC)c1. The molecular formula is C26H28N2O5S. The first-order valence-electron chi connectivity index (χ1n) is 11.0. The summed E-state index contributed by atoms with van der Waals surface area (Å²) in [6.45, 7) is 3.47. The highest BCUT2D eigenvalue weighted by Gasteiger charge is 2.35. The summed E-state index contributed by atoms with van der Waals surface area (Å²) in [6.07, 6.45) is 0.721. The zero-order valence-electron chi connectivity index (χ0n) is 19.7. The Morgan fingerprint density at radius 2 is 1.74 bits per heavy atom. The number of rotatable bonds is 7. The molecule has 1 unspecified atom stereocenters. The molecule has 1 aliphatic rings. The summed E-state index contributed by atoms with van der Waals surface area (Å²) in [7, 11) is -1.10. The Morgan fingerprint density at radius 3 is 2.41 bits per heavy atom. The predicted octanol–water partition coefficient (Wildman–Crippen LogP) is 4.19. The van der Waals surface area contributed by atoms with Crippen molar-refractivity contribution >= 4 is 27.3 Å². The molecule has 178 valence electrons. The average molecular weight is 481 g/mol. The first-order valence-corrected chi connectivity index (χ1v) is 12.4. The van der Waals surface area contributed by atoms with Gasteiger partial charge in [-0.25, -0.2) is 8.42 Å². The van der Waals surface area contributed by atoms with Gasteiger partial charge in [-0.2, -0.15) is 0 Å². The Kier molecular flexibility index (Phi) is 6.52. The number of nitrogens with zero attached hydrogens (tertiary/aromatic N) is 2. The van der Waals surface area contributed by atoms with Crippen LogP contribution in [0.5, 0.6) is 11.5 Å². The molecule has 4 rings (SSSR count). The monoisotopic (exact) mass is 480 g/mol. The fourth-order valence-electron chi connectivity index (χ4n) is 4.27. The fourth-order valence-corrected chi connectivity index (χ4v) is 5.70. The van der Waals surface area contributed by atoms with Crippen molar-refractivity contribution in [1.29, 1.82) is 0 Å². The number of ether oxygens (including phenoxy) is 2. The van der Waals surface area contributed by atoms with Gasteiger partial charge in [-0.15, -0.1) is 0 Å². The van der Waals surface area contributed by atoms with Crippen molar-refractivity contribution in [2.24, 2.45) is 0 Å². The van der Waals surface area contributed by atoms with Gasteiger partial charge in [-0.1, -0.05) is 35.9 Å². The average Bonchev–Trinajstić information content (AvgIpc) is 3.18. The Hall–Kier alpha value is -3.52. The first-order chi connectivity index (χ1) is 16.3. The van der Waals surface area contributed by atoms with Gasteiger partial charge in [0.2, 0.25) is 5.91 Å². The highest BCUT2D eigenvalue weighted by Crippen LogP contribution is 2.37. The standard InChI is InChI=1S/C26H28N2O5S/c1-18-9-12-22(13-10-18)34(30,31)27(24-14-11-21(32-3)16-25(24)33-4)17-26(29)28-19(2)15-20-7-5-6-8-23(20)28/h5-14,16,19H,15,17H2,1-4H3. The molecule has 0 aliphatic carbocycles. The van der Waals surface area contributed by atoms with Crippen LogP contribution >= 0.6 is 0 Å². The first kappa shape index (κ1) is 23.6. The molecule has 0 aromatic heterocycles. The molecule has 0 saturated carbocycles. The molecule has 0 saturated heterocycles. The second-order valence-corrected chi connectivity index (χ2v) is 10.2. The number of carbonyl (C=O) groups is 1. The van der Waals surface area contributed by atoms with Crippen molar-refractivity contribution in [3.63, 3.8) is 0 Å². The van der Waals surface area contributed by atoms with Crippen LogP contribution in [0.25, 0.3) is 0 Å². The highest BCUT2D eigenvalue weighted by molar-refractivity contribution is 7.92. The van der Waals surface area contributed by atoms with E-state index in [-0.39, 0.29) is 34.8 Å². The summed E-state index contributed by atoms with van der Waals surface area (Å²) in [4.78, 5) is 15.4. The van der Waals surface area contributed by atoms with E-state index in [0.717, 1.165) is 27.5 Å². The molecule has 1 aliphatic heterocycles. The van der Waals surface area contributed by atoms with E-state index in [1.54, 1.807) is 47.4 Å². The Bertz CT molecular complexity index is 1310. The normalized spacial score (nSPS) is 15.1. The third-order valence-electron chi connectivity index (χ3n) is 6.02. The van der Waals surface area contributed by atoms with Crippen molar-refractivity contribution in [3.8, 4) is 11.5 Å². The second kappa shape index (κ2) is 9.38. The van der Waals surface area contributed by atoms with Crippen LogP contribution < -0.4 is 18.7 Å². The summed E-state index contributed by atoms with van der Waals surface area (Å²) in [6, 6.07) is 19.0. The van der Waals surface area contributed by atoms with Gasteiger partial charge in [0.1, 0.15) is 18.0 Å². The maximum Gasteiger partial charge on any atom is 0.264 e. The molecule has 1 heterocycles. The van der Waals surface area contributed by atoms with Crippen LogP contribution in [0, 0.1) is 6.92 Å². The minimum Gasteiger partial charge on any atom is -0.497 e. The van der Waals surface area contributed by atoms with Crippen molar-refractivity contribution < 1.29 is 22.7 Å². The lowest BCUT2D eigenvalue weighted by atomic mass is 10.1. The quantitative estimate of drug-likeness (QED) is 0.507. The van der Waals surface area contributed by atoms with Crippen LogP contribution in [0.3, 0.4) is 0 Å². The van der Waals surface area contributed by atoms with Crippen LogP contribution in [-0.4, -0.2) is 41.1 Å². The smallest absolute Gasteiger partial charge is 0.264 e. The number of fused-ring (bicyclic) bond motifs is 1. The molecule has 3 aromatic rings. The van der Waals surface area contributed by atoms with Crippen LogP contribution in [0.15, 0.2) is 71.6 Å². The zero-order valence-corrected chi connectivity index (χ0v) is 20.5. The molecule has 0 fully saturated rings. The molecule has 1 atom stereocenters. The molecule has 8 heteroatoms. The number of aryl methyl sites for hydroxylation is 1. The largest absolute Gasteiger partial charge is 0.497 e. The van der Waals surface area contributed by atoms with Gasteiger partial charge in [-0.3, -0.25) is 9.10 Å². The van der Waals surface area contributed by atoms with E-state index in [0.29, 0.717) is 5.75 Å². The van der Waals surface area contributed by atoms with Gasteiger partial charge in [-0.05, 0) is 56.2 Å². The maximum atomic E-state index is 13.8. The van der Waals surface area contributed by atoms with Crippen LogP contribution in [0.4, 0.5) is 11.4 Å². The molecule has 0 radical (unpaired) electrons. The minimum absolute atomic E-state index is 0.0772. The van der Waals surface area contributed by atoms with Crippen molar-refractivity contribution in [2.75, 3.05) is 30.0 Å². The lowest BCUT2D eigenvalue weighted by molar-refractivity contribution is -0.117. The summed E-state index contributed by atoms with van der Waals surface area (Å²) >= 11 is 0. The number of amides is 1. The molecule has 34 heavy (non-hydrogen) atoms. The molecule has 0 N–H and O–H groups in total. The number of sulfonamides is 1. The molecule has 0 bridgehead atoms. The number of hydrogen-bond acceptors (Lipinski definition) is 5. The van der Waals surface area contributed by atoms with Crippen LogP contribution in [0.2, 0.25) is 0 Å². The lowest BCUT2D eigenvalue weighted by Gasteiger charge is -2.29. The van der Waals surface area contributed by atoms with Gasteiger partial charge < -0.3 is 14.4 Å². The zero-order chi connectivity index (χ0) is 24.5. The van der Waals surface area contributed by atoms with Gasteiger partial charge in [0.05, 0.1) is 24.8 Å². The van der Waals surface area contributed by atoms with E-state index < -0.39 is 10.0 Å². The highest BCUT2D eigenvalue weighted by atomic mass is 32.2. The molecular weight excluding hydrogens is 452 g/mol. The third-order valence-corrected chi connectivity index (χ3v) is 7.79. The van der Waals surface area contributed by atoms with Gasteiger partial charge >= 0.3 is 0 Å². The van der Waals surface area contributed by atoms with Crippen molar-refractivity contribution in [2.45, 2.75) is 31.2 Å². The van der Waals surface area contributed by atoms with Crippen LogP contribution in [-0.2, 0) is 21.2 Å². The lowest BCUT2D eigenvalue weighted by Crippen LogP contribution is -2.45. The van der Waals surface area contributed by atoms with Crippen molar-refractivity contribution in [1.82, 2.24) is 0 Å². The number of hydrogen-bond donors (Lipinski definition) is 0. The van der Waals surface area contributed by atoms with Gasteiger partial charge in [0.25, 0.3) is 10.0 Å². The topological polar surface area (TPSA) is 76.2 Å². The van der Waals surface area contributed by atoms with E-state index >= 15 is 0 Å². The summed E-state index contributed by atoms with van der Waals surface area (Å²) in [5.41, 5.74) is 3.08. The van der Waals surface area contributed by atoms with E-state index in [1.165, 1.54) is 14.2 Å². The molecule has 7 nitrogen and oxygen atoms in total. The second-order valence-electron chi connectivity index (χ2n) is 8.31. The van der Waals surface area contributed by atoms with E-state index in [2.05, 4.69) is 0 Å². The molecule has 3 aromatic carbocycles. The Balaban J connectivity index is 1.79. The van der Waals surface area contributed by atoms with E-state index in [1.807, 2.05) is 38.1 Å². The number of para-hydroxylation sites is 1. The molecule has 0 spiro atoms. The van der Waals surface area contributed by atoms with Crippen molar-refractivity contribution in [3.05, 3.63) is 77.9 Å². The van der Waals surface area contributed by atoms with E-state index in [9.17, 15) is 13.2 Å². The number of methoxy groups -OCH3 is 2. The third kappa shape index (κ3) is 4.33. The Morgan fingerprint density at radius 1 is 1.03 bits per heavy atom. The van der Waals surface area contributed by atoms with Gasteiger partial charge in [0.15, 0.2) is 0 Å². The van der Waals surface area contributed by atoms with Crippen LogP contribution in [0.1, 0.15) is 18.1 Å². The molecule has 1 amide bonds. The number of carbonyl (C=O) groups excluding carboxylic acids is 1. The summed E-state index contributed by atoms with van der Waals surface area (Å²) < 4.78 is 39.5. The summed E-state index contributed by atoms with van der Waals surface area (Å²) in [5, 5.41) is 0. The number of benzene rings is 3. The predicted molar refractivity (Wildman–Crippen MR) is 132 cm³/mol. The maximum absolute atomic E-state index is 13.8. The number of anilines is 2. The summed E-state index contributed by atoms with van der Waals surface area (Å²) in [5.74, 6) is 0.491.